The van der Waals surface area contributed by atoms with Gasteiger partial charge in [0.05, 0.1) is 13.2 Å². The zero-order valence-corrected chi connectivity index (χ0v) is 10.4. The first-order chi connectivity index (χ1) is 9.29. The van der Waals surface area contributed by atoms with Gasteiger partial charge in [-0.05, 0) is 0 Å². The molecule has 10 heteroatoms. The summed E-state index contributed by atoms with van der Waals surface area (Å²) in [4.78, 5) is 9.76. The van der Waals surface area contributed by atoms with Gasteiger partial charge in [-0.3, -0.25) is 0 Å². The minimum absolute atomic E-state index is 0.0869. The van der Waals surface area contributed by atoms with Crippen LogP contribution < -0.4 is 0 Å². The highest BCUT2D eigenvalue weighted by Gasteiger charge is 2.41. The van der Waals surface area contributed by atoms with Gasteiger partial charge in [-0.15, -0.1) is 0 Å². The summed E-state index contributed by atoms with van der Waals surface area (Å²) in [6.45, 7) is -1.10. The van der Waals surface area contributed by atoms with Gasteiger partial charge in [-0.1, -0.05) is 0 Å². The van der Waals surface area contributed by atoms with Crippen molar-refractivity contribution in [3.05, 3.63) is 0 Å². The molecule has 1 fully saturated rings. The molecule has 0 aliphatic carbocycles. The molecule has 0 radical (unpaired) electrons. The molecule has 120 valence electrons. The predicted octanol–water partition coefficient (Wildman–Crippen LogP) is -5.32. The monoisotopic (exact) mass is 300 g/mol. The number of carbonyl (C=O) groups is 1. The molecule has 0 aromatic rings. The molecule has 0 bridgehead atoms. The van der Waals surface area contributed by atoms with Crippen LogP contribution in [-0.4, -0.2) is 103 Å². The molecule has 0 aromatic carbocycles. The Morgan fingerprint density at radius 3 is 1.85 bits per heavy atom. The number of aldehydes is 1. The summed E-state index contributed by atoms with van der Waals surface area (Å²) in [7, 11) is 0. The van der Waals surface area contributed by atoms with Gasteiger partial charge in [0, 0.05) is 0 Å². The molecule has 0 amide bonds. The first-order valence-electron chi connectivity index (χ1n) is 5.71. The zero-order valence-electron chi connectivity index (χ0n) is 10.4. The summed E-state index contributed by atoms with van der Waals surface area (Å²) in [5, 5.41) is 69.0. The molecule has 1 rings (SSSR count). The Morgan fingerprint density at radius 1 is 1.05 bits per heavy atom. The van der Waals surface area contributed by atoms with Crippen LogP contribution in [0.5, 0.6) is 0 Å². The molecule has 1 aliphatic rings. The fourth-order valence-corrected chi connectivity index (χ4v) is 1.30. The van der Waals surface area contributed by atoms with Crippen LogP contribution in [-0.2, 0) is 9.53 Å². The summed E-state index contributed by atoms with van der Waals surface area (Å²) >= 11 is 0. The largest absolute Gasteiger partial charge is 0.394 e. The van der Waals surface area contributed by atoms with E-state index in [4.69, 9.17) is 40.9 Å². The maximum atomic E-state index is 9.76. The van der Waals surface area contributed by atoms with Crippen LogP contribution >= 0.6 is 0 Å². The standard InChI is InChI=1S/2C5H10O5/c6-1-2-3(7)4(8)5(9)10-2;6-1-3(8)5(10)4(9)2-7/h2-9H,1H2;1,3-5,7-10H,2H2/t2-,3-,4+,5?;3-,4-,5+/m00/s1. The number of aliphatic hydroxyl groups is 8. The molecule has 0 saturated carbocycles. The second-order valence-electron chi connectivity index (χ2n) is 4.10. The maximum Gasteiger partial charge on any atom is 0.184 e. The third-order valence-corrected chi connectivity index (χ3v) is 2.59. The molecule has 1 unspecified atom stereocenters. The first kappa shape index (κ1) is 19.3. The fraction of sp³-hybridized carbons (Fsp3) is 0.900. The van der Waals surface area contributed by atoms with Gasteiger partial charge < -0.3 is 50.4 Å². The van der Waals surface area contributed by atoms with E-state index in [0.717, 1.165) is 0 Å². The Morgan fingerprint density at radius 2 is 1.60 bits per heavy atom. The third kappa shape index (κ3) is 5.36. The highest BCUT2D eigenvalue weighted by atomic mass is 16.6. The van der Waals surface area contributed by atoms with Crippen molar-refractivity contribution in [1.29, 1.82) is 0 Å². The smallest absolute Gasteiger partial charge is 0.184 e. The van der Waals surface area contributed by atoms with E-state index in [-0.39, 0.29) is 6.29 Å². The van der Waals surface area contributed by atoms with Gasteiger partial charge >= 0.3 is 0 Å². The number of hydrogen-bond donors (Lipinski definition) is 8. The third-order valence-electron chi connectivity index (χ3n) is 2.59. The van der Waals surface area contributed by atoms with Gasteiger partial charge in [0.15, 0.2) is 12.6 Å². The van der Waals surface area contributed by atoms with Crippen LogP contribution in [0.2, 0.25) is 0 Å². The molecular weight excluding hydrogens is 280 g/mol. The van der Waals surface area contributed by atoms with E-state index in [2.05, 4.69) is 4.74 Å². The summed E-state index contributed by atoms with van der Waals surface area (Å²) in [6, 6.07) is 0. The van der Waals surface area contributed by atoms with E-state index in [9.17, 15) is 4.79 Å². The second-order valence-corrected chi connectivity index (χ2v) is 4.10. The molecule has 10 nitrogen and oxygen atoms in total. The summed E-state index contributed by atoms with van der Waals surface area (Å²) in [5.74, 6) is 0. The summed E-state index contributed by atoms with van der Waals surface area (Å²) < 4.78 is 4.54. The molecule has 20 heavy (non-hydrogen) atoms. The summed E-state index contributed by atoms with van der Waals surface area (Å²) in [5.41, 5.74) is 0. The van der Waals surface area contributed by atoms with Crippen LogP contribution in [0.25, 0.3) is 0 Å². The lowest BCUT2D eigenvalue weighted by atomic mass is 10.1. The maximum absolute atomic E-state index is 9.76. The zero-order chi connectivity index (χ0) is 15.9. The molecule has 1 heterocycles. The van der Waals surface area contributed by atoms with Gasteiger partial charge in [-0.25, -0.2) is 0 Å². The predicted molar refractivity (Wildman–Crippen MR) is 61.1 cm³/mol. The number of rotatable bonds is 5. The minimum atomic E-state index is -1.64. The van der Waals surface area contributed by atoms with Crippen molar-refractivity contribution >= 4 is 6.29 Å². The van der Waals surface area contributed by atoms with Crippen LogP contribution in [0.4, 0.5) is 0 Å². The van der Waals surface area contributed by atoms with Crippen molar-refractivity contribution < 1.29 is 50.4 Å². The molecule has 1 aliphatic heterocycles. The van der Waals surface area contributed by atoms with Crippen molar-refractivity contribution in [1.82, 2.24) is 0 Å². The molecular formula is C10H20O10. The Hall–Kier alpha value is -0.690. The quantitative estimate of drug-likeness (QED) is 0.228. The lowest BCUT2D eigenvalue weighted by Gasteiger charge is -2.16. The van der Waals surface area contributed by atoms with E-state index >= 15 is 0 Å². The van der Waals surface area contributed by atoms with Gasteiger partial charge in [0.25, 0.3) is 0 Å². The molecule has 0 aromatic heterocycles. The highest BCUT2D eigenvalue weighted by Crippen LogP contribution is 2.18. The summed E-state index contributed by atoms with van der Waals surface area (Å²) in [6.07, 6.45) is -9.39. The number of carbonyl (C=O) groups excluding carboxylic acids is 1. The van der Waals surface area contributed by atoms with Gasteiger partial charge in [0.1, 0.15) is 36.6 Å². The lowest BCUT2D eigenvalue weighted by molar-refractivity contribution is -0.132. The van der Waals surface area contributed by atoms with E-state index in [1.807, 2.05) is 0 Å². The Labute approximate surface area is 114 Å². The topological polar surface area (TPSA) is 188 Å². The lowest BCUT2D eigenvalue weighted by Crippen LogP contribution is -2.40. The Kier molecular flexibility index (Phi) is 8.96. The molecule has 1 saturated heterocycles. The van der Waals surface area contributed by atoms with Crippen molar-refractivity contribution in [2.24, 2.45) is 0 Å². The first-order valence-corrected chi connectivity index (χ1v) is 5.71. The normalized spacial score (nSPS) is 33.8. The van der Waals surface area contributed by atoms with Crippen molar-refractivity contribution in [2.45, 2.75) is 42.9 Å². The number of hydrogen-bond acceptors (Lipinski definition) is 10. The number of aliphatic hydroxyl groups excluding tert-OH is 8. The Bertz CT molecular complexity index is 275. The Balaban J connectivity index is 0.000000361. The van der Waals surface area contributed by atoms with Crippen LogP contribution in [0.15, 0.2) is 0 Å². The minimum Gasteiger partial charge on any atom is -0.394 e. The van der Waals surface area contributed by atoms with Crippen molar-refractivity contribution in [3.63, 3.8) is 0 Å². The molecule has 0 spiro atoms. The van der Waals surface area contributed by atoms with Gasteiger partial charge in [0.2, 0.25) is 0 Å². The van der Waals surface area contributed by atoms with E-state index < -0.39 is 56.1 Å². The van der Waals surface area contributed by atoms with Crippen LogP contribution in [0.1, 0.15) is 0 Å². The average molecular weight is 300 g/mol. The van der Waals surface area contributed by atoms with E-state index in [1.165, 1.54) is 0 Å². The fourth-order valence-electron chi connectivity index (χ4n) is 1.30. The van der Waals surface area contributed by atoms with Crippen molar-refractivity contribution in [2.75, 3.05) is 13.2 Å². The van der Waals surface area contributed by atoms with Crippen LogP contribution in [0.3, 0.4) is 0 Å². The van der Waals surface area contributed by atoms with Crippen LogP contribution in [0, 0.1) is 0 Å². The van der Waals surface area contributed by atoms with E-state index in [1.54, 1.807) is 0 Å². The molecule has 8 N–H and O–H groups in total. The highest BCUT2D eigenvalue weighted by molar-refractivity contribution is 5.56. The SMILES string of the molecule is O=C[C@H](O)[C@@H](O)[C@@H](O)CO.OC[C@@H]1OC(O)[C@H](O)[C@H]1O. The second kappa shape index (κ2) is 9.28. The number of ether oxygens (including phenoxy) is 1. The van der Waals surface area contributed by atoms with Gasteiger partial charge in [-0.2, -0.15) is 0 Å². The van der Waals surface area contributed by atoms with E-state index in [0.29, 0.717) is 0 Å². The molecule has 7 atom stereocenters. The average Bonchev–Trinajstić information content (AvgIpc) is 2.72. The van der Waals surface area contributed by atoms with Crippen molar-refractivity contribution in [3.8, 4) is 0 Å².